The first-order valence-corrected chi connectivity index (χ1v) is 11.8. The van der Waals surface area contributed by atoms with Gasteiger partial charge in [-0.2, -0.15) is 0 Å². The van der Waals surface area contributed by atoms with E-state index < -0.39 is 15.8 Å². The Morgan fingerprint density at radius 3 is 2.43 bits per heavy atom. The van der Waals surface area contributed by atoms with Gasteiger partial charge in [0.1, 0.15) is 5.69 Å². The molecule has 0 saturated carbocycles. The Labute approximate surface area is 169 Å². The molecule has 0 bridgehead atoms. The van der Waals surface area contributed by atoms with Crippen LogP contribution in [-0.2, 0) is 15.4 Å². The number of nitrogens with zero attached hydrogens (tertiary/aromatic N) is 4. The van der Waals surface area contributed by atoms with Gasteiger partial charge in [-0.1, -0.05) is 20.8 Å². The zero-order valence-corrected chi connectivity index (χ0v) is 18.4. The lowest BCUT2D eigenvalue weighted by Gasteiger charge is -2.30. The minimum atomic E-state index is -3.17. The summed E-state index contributed by atoms with van der Waals surface area (Å²) in [4.78, 5) is 13.8. The molecule has 2 aromatic heterocycles. The Kier molecular flexibility index (Phi) is 5.75. The van der Waals surface area contributed by atoms with Crippen molar-refractivity contribution in [2.45, 2.75) is 52.0 Å². The number of rotatable bonds is 4. The van der Waals surface area contributed by atoms with E-state index in [4.69, 9.17) is 0 Å². The van der Waals surface area contributed by atoms with E-state index in [-0.39, 0.29) is 17.2 Å². The van der Waals surface area contributed by atoms with E-state index in [1.54, 1.807) is 0 Å². The van der Waals surface area contributed by atoms with Crippen molar-refractivity contribution in [3.05, 3.63) is 22.7 Å². The van der Waals surface area contributed by atoms with Gasteiger partial charge in [-0.05, 0) is 19.8 Å². The van der Waals surface area contributed by atoms with E-state index in [1.165, 1.54) is 28.1 Å². The Hall–Kier alpha value is -1.65. The zero-order chi connectivity index (χ0) is 20.7. The van der Waals surface area contributed by atoms with Crippen molar-refractivity contribution in [2.24, 2.45) is 0 Å². The largest absolute Gasteiger partial charge is 0.351 e. The molecule has 0 aliphatic carbocycles. The second-order valence-electron chi connectivity index (χ2n) is 8.15. The fraction of sp³-hybridized carbons (Fsp3) is 0.611. The number of piperidine rings is 1. The molecular weight excluding hydrogens is 401 g/mol. The van der Waals surface area contributed by atoms with Crippen molar-refractivity contribution in [2.75, 3.05) is 24.7 Å². The van der Waals surface area contributed by atoms with Crippen LogP contribution in [0.1, 0.15) is 44.3 Å². The molecule has 0 unspecified atom stereocenters. The Bertz CT molecular complexity index is 961. The third kappa shape index (κ3) is 4.66. The first-order valence-electron chi connectivity index (χ1n) is 9.17. The maximum Gasteiger partial charge on any atom is 0.223 e. The lowest BCUT2D eigenvalue weighted by atomic mass is 9.98. The van der Waals surface area contributed by atoms with Crippen LogP contribution >= 0.6 is 11.3 Å². The van der Waals surface area contributed by atoms with Gasteiger partial charge in [-0.25, -0.2) is 32.1 Å². The number of aromatic nitrogens is 3. The fourth-order valence-corrected chi connectivity index (χ4v) is 5.04. The fourth-order valence-electron chi connectivity index (χ4n) is 3.05. The van der Waals surface area contributed by atoms with E-state index in [0.717, 1.165) is 10.7 Å². The summed E-state index contributed by atoms with van der Waals surface area (Å²) < 4.78 is 39.2. The van der Waals surface area contributed by atoms with Crippen molar-refractivity contribution in [1.82, 2.24) is 19.3 Å². The molecule has 1 saturated heterocycles. The standard InChI is InChI=1S/C18H26FN5O2S2/c1-11-15(27-16(21-11)18(2,3)4)14-13(19)10-20-17(23-14)22-12-6-8-24(9-7-12)28(5,25)26/h10,12H,6-9H2,1-5H3,(H,20,22,23). The summed E-state index contributed by atoms with van der Waals surface area (Å²) in [5, 5.41) is 4.15. The minimum Gasteiger partial charge on any atom is -0.351 e. The SMILES string of the molecule is Cc1nc(C(C)(C)C)sc1-c1nc(NC2CCN(S(C)(=O)=O)CC2)ncc1F. The van der Waals surface area contributed by atoms with Crippen LogP contribution in [0.25, 0.3) is 10.6 Å². The van der Waals surface area contributed by atoms with Crippen LogP contribution < -0.4 is 5.32 Å². The molecule has 3 heterocycles. The van der Waals surface area contributed by atoms with Crippen molar-refractivity contribution in [3.63, 3.8) is 0 Å². The molecule has 1 aliphatic heterocycles. The number of anilines is 1. The minimum absolute atomic E-state index is 0.0454. The van der Waals surface area contributed by atoms with Gasteiger partial charge >= 0.3 is 0 Å². The van der Waals surface area contributed by atoms with E-state index in [9.17, 15) is 12.8 Å². The number of sulfonamides is 1. The average Bonchev–Trinajstić information content (AvgIpc) is 2.98. The number of hydrogen-bond acceptors (Lipinski definition) is 7. The molecule has 154 valence electrons. The molecule has 1 fully saturated rings. The van der Waals surface area contributed by atoms with Crippen LogP contribution in [0.3, 0.4) is 0 Å². The van der Waals surface area contributed by atoms with Gasteiger partial charge in [0.15, 0.2) is 5.82 Å². The van der Waals surface area contributed by atoms with Crippen molar-refractivity contribution in [1.29, 1.82) is 0 Å². The molecule has 1 N–H and O–H groups in total. The summed E-state index contributed by atoms with van der Waals surface area (Å²) in [6.07, 6.45) is 3.69. The predicted molar refractivity (Wildman–Crippen MR) is 110 cm³/mol. The van der Waals surface area contributed by atoms with Gasteiger partial charge in [-0.3, -0.25) is 0 Å². The van der Waals surface area contributed by atoms with Gasteiger partial charge in [0, 0.05) is 24.5 Å². The second kappa shape index (κ2) is 7.64. The first kappa shape index (κ1) is 21.1. The highest BCUT2D eigenvalue weighted by Gasteiger charge is 2.26. The van der Waals surface area contributed by atoms with Gasteiger partial charge < -0.3 is 5.32 Å². The topological polar surface area (TPSA) is 88.1 Å². The molecule has 7 nitrogen and oxygen atoms in total. The highest BCUT2D eigenvalue weighted by Crippen LogP contribution is 2.36. The number of aryl methyl sites for hydroxylation is 1. The van der Waals surface area contributed by atoms with Crippen LogP contribution in [0, 0.1) is 12.7 Å². The lowest BCUT2D eigenvalue weighted by Crippen LogP contribution is -2.42. The van der Waals surface area contributed by atoms with Gasteiger partial charge in [0.2, 0.25) is 16.0 Å². The number of hydrogen-bond donors (Lipinski definition) is 1. The third-order valence-electron chi connectivity index (χ3n) is 4.65. The van der Waals surface area contributed by atoms with Crippen molar-refractivity contribution in [3.8, 4) is 10.6 Å². The highest BCUT2D eigenvalue weighted by molar-refractivity contribution is 7.88. The maximum atomic E-state index is 14.5. The highest BCUT2D eigenvalue weighted by atomic mass is 32.2. The Morgan fingerprint density at radius 1 is 1.25 bits per heavy atom. The van der Waals surface area contributed by atoms with Gasteiger partial charge in [0.25, 0.3) is 0 Å². The summed E-state index contributed by atoms with van der Waals surface area (Å²) in [6.45, 7) is 8.97. The third-order valence-corrected chi connectivity index (χ3v) is 7.55. The summed E-state index contributed by atoms with van der Waals surface area (Å²) in [5.41, 5.74) is 0.878. The molecule has 1 aliphatic rings. The molecule has 0 aromatic carbocycles. The molecule has 10 heteroatoms. The summed E-state index contributed by atoms with van der Waals surface area (Å²) in [6, 6.07) is 0.0454. The first-order chi connectivity index (χ1) is 12.9. The monoisotopic (exact) mass is 427 g/mol. The van der Waals surface area contributed by atoms with E-state index in [0.29, 0.717) is 36.8 Å². The van der Waals surface area contributed by atoms with Gasteiger partial charge in [0.05, 0.1) is 28.0 Å². The molecule has 2 aromatic rings. The quantitative estimate of drug-likeness (QED) is 0.806. The normalized spacial score (nSPS) is 17.1. The maximum absolute atomic E-state index is 14.5. The summed E-state index contributed by atoms with van der Waals surface area (Å²) in [7, 11) is -3.17. The van der Waals surface area contributed by atoms with Crippen LogP contribution in [0.4, 0.5) is 10.3 Å². The van der Waals surface area contributed by atoms with Crippen molar-refractivity contribution < 1.29 is 12.8 Å². The molecule has 28 heavy (non-hydrogen) atoms. The van der Waals surface area contributed by atoms with Crippen molar-refractivity contribution >= 4 is 27.3 Å². The van der Waals surface area contributed by atoms with Crippen LogP contribution in [0.5, 0.6) is 0 Å². The van der Waals surface area contributed by atoms with E-state index >= 15 is 0 Å². The smallest absolute Gasteiger partial charge is 0.223 e. The summed E-state index contributed by atoms with van der Waals surface area (Å²) in [5.74, 6) is -0.135. The number of halogens is 1. The average molecular weight is 428 g/mol. The lowest BCUT2D eigenvalue weighted by molar-refractivity contribution is 0.331. The predicted octanol–water partition coefficient (Wildman–Crippen LogP) is 3.18. The zero-order valence-electron chi connectivity index (χ0n) is 16.8. The number of thiazole rings is 1. The van der Waals surface area contributed by atoms with Crippen LogP contribution in [0.15, 0.2) is 6.20 Å². The Balaban J connectivity index is 1.79. The molecular formula is C18H26FN5O2S2. The Morgan fingerprint density at radius 2 is 1.89 bits per heavy atom. The second-order valence-corrected chi connectivity index (χ2v) is 11.1. The molecule has 0 radical (unpaired) electrons. The summed E-state index contributed by atoms with van der Waals surface area (Å²) >= 11 is 1.45. The van der Waals surface area contributed by atoms with Gasteiger partial charge in [-0.15, -0.1) is 11.3 Å². The van der Waals surface area contributed by atoms with E-state index in [2.05, 4.69) is 41.0 Å². The molecule has 0 spiro atoms. The molecule has 3 rings (SSSR count). The molecule has 0 amide bonds. The number of nitrogens with one attached hydrogen (secondary N) is 1. The van der Waals surface area contributed by atoms with Crippen LogP contribution in [0.2, 0.25) is 0 Å². The van der Waals surface area contributed by atoms with Crippen LogP contribution in [-0.4, -0.2) is 53.1 Å². The van der Waals surface area contributed by atoms with E-state index in [1.807, 2.05) is 6.92 Å². The molecule has 0 atom stereocenters.